The fraction of sp³-hybridized carbons (Fsp3) is 0.565. The molecular formula is C23H31NO3. The van der Waals surface area contributed by atoms with Crippen molar-refractivity contribution >= 4 is 0 Å². The number of nitrogens with zero attached hydrogens (tertiary/aromatic N) is 1. The minimum atomic E-state index is -0.235. The van der Waals surface area contributed by atoms with E-state index in [-0.39, 0.29) is 16.9 Å². The summed E-state index contributed by atoms with van der Waals surface area (Å²) in [5.74, 6) is 1.87. The Morgan fingerprint density at radius 1 is 1.19 bits per heavy atom. The molecule has 146 valence electrons. The van der Waals surface area contributed by atoms with E-state index in [1.165, 1.54) is 30.5 Å². The van der Waals surface area contributed by atoms with Gasteiger partial charge < -0.3 is 14.9 Å². The summed E-state index contributed by atoms with van der Waals surface area (Å²) in [6.07, 6.45) is 9.70. The van der Waals surface area contributed by atoms with Crippen LogP contribution >= 0.6 is 0 Å². The number of benzene rings is 1. The number of aromatic hydroxyl groups is 2. The van der Waals surface area contributed by atoms with Crippen LogP contribution in [0.5, 0.6) is 11.5 Å². The molecule has 0 aromatic heterocycles. The first-order valence-corrected chi connectivity index (χ1v) is 10.4. The van der Waals surface area contributed by atoms with Crippen LogP contribution in [0.25, 0.3) is 0 Å². The standard InChI is InChI=1S/C21H25NO3.C2H6/c1-25-15-5-6-16-17-10-14-4-7-18(23)20(24)19(14)21(16,11-15)8-9-22(17)12-13-2-3-13;1-2/h4-7,13,17,23-24H,2-3,8-12H2,1H3;1-2H3. The summed E-state index contributed by atoms with van der Waals surface area (Å²) in [4.78, 5) is 2.65. The van der Waals surface area contributed by atoms with Crippen LogP contribution in [0.1, 0.15) is 50.7 Å². The summed E-state index contributed by atoms with van der Waals surface area (Å²) < 4.78 is 5.57. The largest absolute Gasteiger partial charge is 0.504 e. The molecule has 0 radical (unpaired) electrons. The minimum absolute atomic E-state index is 0.0140. The van der Waals surface area contributed by atoms with Crippen LogP contribution < -0.4 is 0 Å². The van der Waals surface area contributed by atoms with Gasteiger partial charge in [0.2, 0.25) is 0 Å². The summed E-state index contributed by atoms with van der Waals surface area (Å²) in [6, 6.07) is 4.04. The third-order valence-electron chi connectivity index (χ3n) is 6.69. The fourth-order valence-corrected chi connectivity index (χ4v) is 5.27. The molecule has 27 heavy (non-hydrogen) atoms. The molecule has 1 saturated heterocycles. The van der Waals surface area contributed by atoms with Crippen LogP contribution in [-0.4, -0.2) is 41.4 Å². The van der Waals surface area contributed by atoms with Gasteiger partial charge in [-0.1, -0.05) is 26.0 Å². The maximum absolute atomic E-state index is 10.7. The molecule has 5 rings (SSSR count). The zero-order valence-electron chi connectivity index (χ0n) is 16.7. The van der Waals surface area contributed by atoms with Gasteiger partial charge in [-0.2, -0.15) is 0 Å². The third kappa shape index (κ3) is 2.85. The van der Waals surface area contributed by atoms with Crippen molar-refractivity contribution in [3.05, 3.63) is 46.7 Å². The summed E-state index contributed by atoms with van der Waals surface area (Å²) in [6.45, 7) is 6.24. The highest BCUT2D eigenvalue weighted by atomic mass is 16.5. The van der Waals surface area contributed by atoms with Crippen LogP contribution in [0.2, 0.25) is 0 Å². The van der Waals surface area contributed by atoms with Gasteiger partial charge in [0.15, 0.2) is 11.5 Å². The molecule has 1 heterocycles. The number of hydrogen-bond donors (Lipinski definition) is 2. The number of methoxy groups -OCH3 is 1. The van der Waals surface area contributed by atoms with Crippen molar-refractivity contribution in [2.75, 3.05) is 20.2 Å². The first-order valence-electron chi connectivity index (χ1n) is 10.4. The third-order valence-corrected chi connectivity index (χ3v) is 6.69. The molecule has 4 heteroatoms. The molecule has 2 atom stereocenters. The maximum atomic E-state index is 10.7. The summed E-state index contributed by atoms with van der Waals surface area (Å²) in [7, 11) is 1.72. The Morgan fingerprint density at radius 3 is 2.67 bits per heavy atom. The Morgan fingerprint density at radius 2 is 1.96 bits per heavy atom. The molecule has 4 nitrogen and oxygen atoms in total. The predicted molar refractivity (Wildman–Crippen MR) is 107 cm³/mol. The van der Waals surface area contributed by atoms with Gasteiger partial charge in [-0.15, -0.1) is 0 Å². The topological polar surface area (TPSA) is 52.9 Å². The van der Waals surface area contributed by atoms with E-state index in [1.54, 1.807) is 13.2 Å². The average Bonchev–Trinajstić information content (AvgIpc) is 3.51. The van der Waals surface area contributed by atoms with Crippen molar-refractivity contribution in [3.8, 4) is 11.5 Å². The van der Waals surface area contributed by atoms with Crippen molar-refractivity contribution in [2.24, 2.45) is 5.92 Å². The summed E-state index contributed by atoms with van der Waals surface area (Å²) in [5.41, 5.74) is 3.27. The molecule has 1 aromatic carbocycles. The molecule has 0 amide bonds. The highest BCUT2D eigenvalue weighted by Gasteiger charge is 2.53. The van der Waals surface area contributed by atoms with Gasteiger partial charge in [0.1, 0.15) is 0 Å². The first-order chi connectivity index (χ1) is 13.1. The molecule has 1 aliphatic heterocycles. The second kappa shape index (κ2) is 6.90. The van der Waals surface area contributed by atoms with Crippen molar-refractivity contribution in [1.29, 1.82) is 0 Å². The number of piperidine rings is 1. The Balaban J connectivity index is 0.000000872. The monoisotopic (exact) mass is 369 g/mol. The van der Waals surface area contributed by atoms with E-state index in [0.717, 1.165) is 43.0 Å². The molecule has 4 aliphatic rings. The Labute approximate surface area is 162 Å². The zero-order chi connectivity index (χ0) is 19.2. The summed E-state index contributed by atoms with van der Waals surface area (Å²) >= 11 is 0. The molecule has 0 spiro atoms. The molecule has 2 fully saturated rings. The Hall–Kier alpha value is -1.94. The van der Waals surface area contributed by atoms with Gasteiger partial charge in [-0.3, -0.25) is 4.90 Å². The second-order valence-corrected chi connectivity index (χ2v) is 8.09. The lowest BCUT2D eigenvalue weighted by atomic mass is 9.57. The number of hydrogen-bond acceptors (Lipinski definition) is 4. The Bertz CT molecular complexity index is 793. The number of rotatable bonds is 3. The molecule has 2 bridgehead atoms. The number of fused-ring (bicyclic) bond motifs is 1. The molecule has 3 aliphatic carbocycles. The van der Waals surface area contributed by atoms with Gasteiger partial charge >= 0.3 is 0 Å². The van der Waals surface area contributed by atoms with E-state index >= 15 is 0 Å². The van der Waals surface area contributed by atoms with E-state index in [0.29, 0.717) is 6.04 Å². The van der Waals surface area contributed by atoms with Crippen molar-refractivity contribution in [2.45, 2.75) is 57.4 Å². The number of likely N-dealkylation sites (tertiary alicyclic amines) is 1. The molecule has 2 unspecified atom stereocenters. The lowest BCUT2D eigenvalue weighted by Gasteiger charge is -2.54. The number of phenols is 2. The molecular weight excluding hydrogens is 338 g/mol. The highest BCUT2D eigenvalue weighted by Crippen LogP contribution is 2.57. The van der Waals surface area contributed by atoms with E-state index in [1.807, 2.05) is 19.9 Å². The van der Waals surface area contributed by atoms with E-state index in [9.17, 15) is 10.2 Å². The number of ether oxygens (including phenoxy) is 1. The maximum Gasteiger partial charge on any atom is 0.161 e. The van der Waals surface area contributed by atoms with Crippen molar-refractivity contribution < 1.29 is 14.9 Å². The lowest BCUT2D eigenvalue weighted by molar-refractivity contribution is 0.118. The van der Waals surface area contributed by atoms with Crippen molar-refractivity contribution in [3.63, 3.8) is 0 Å². The first kappa shape index (κ1) is 18.4. The van der Waals surface area contributed by atoms with E-state index < -0.39 is 0 Å². The van der Waals surface area contributed by atoms with E-state index in [4.69, 9.17) is 4.74 Å². The van der Waals surface area contributed by atoms with Crippen LogP contribution in [0, 0.1) is 5.92 Å². The summed E-state index contributed by atoms with van der Waals surface area (Å²) in [5, 5.41) is 20.9. The van der Waals surface area contributed by atoms with Gasteiger partial charge in [0.25, 0.3) is 0 Å². The van der Waals surface area contributed by atoms with Crippen LogP contribution in [0.3, 0.4) is 0 Å². The number of phenolic OH excluding ortho intramolecular Hbond substituents is 2. The number of allylic oxidation sites excluding steroid dienone is 3. The quantitative estimate of drug-likeness (QED) is 0.782. The zero-order valence-corrected chi connectivity index (χ0v) is 16.7. The SMILES string of the molecule is CC.COC1=CC=C2C3Cc4ccc(O)c(O)c4C2(CCN3CC2CC2)C1. The van der Waals surface area contributed by atoms with Gasteiger partial charge in [-0.05, 0) is 61.4 Å². The normalized spacial score (nSPS) is 28.8. The predicted octanol–water partition coefficient (Wildman–Crippen LogP) is 4.26. The fourth-order valence-electron chi connectivity index (χ4n) is 5.27. The highest BCUT2D eigenvalue weighted by molar-refractivity contribution is 5.62. The molecule has 1 saturated carbocycles. The van der Waals surface area contributed by atoms with Crippen LogP contribution in [-0.2, 0) is 16.6 Å². The average molecular weight is 370 g/mol. The van der Waals surface area contributed by atoms with Crippen LogP contribution in [0.4, 0.5) is 0 Å². The minimum Gasteiger partial charge on any atom is -0.504 e. The van der Waals surface area contributed by atoms with Gasteiger partial charge in [-0.25, -0.2) is 0 Å². The molecule has 1 aromatic rings. The van der Waals surface area contributed by atoms with Gasteiger partial charge in [0.05, 0.1) is 12.9 Å². The second-order valence-electron chi connectivity index (χ2n) is 8.09. The van der Waals surface area contributed by atoms with E-state index in [2.05, 4.69) is 17.1 Å². The molecule has 2 N–H and O–H groups in total. The smallest absolute Gasteiger partial charge is 0.161 e. The van der Waals surface area contributed by atoms with Crippen LogP contribution in [0.15, 0.2) is 35.6 Å². The Kier molecular flexibility index (Phi) is 4.71. The van der Waals surface area contributed by atoms with Crippen molar-refractivity contribution in [1.82, 2.24) is 4.90 Å². The van der Waals surface area contributed by atoms with Gasteiger partial charge in [0, 0.05) is 30.0 Å². The lowest BCUT2D eigenvalue weighted by Crippen LogP contribution is -2.56.